The number of Topliss-reactive ketones (excluding diaryl/α,β-unsaturated/α-hetero) is 2. The fraction of sp³-hybridized carbons (Fsp3) is 0.409. The summed E-state index contributed by atoms with van der Waals surface area (Å²) in [7, 11) is 0. The van der Waals surface area contributed by atoms with Gasteiger partial charge in [-0.15, -0.1) is 0 Å². The number of aromatic nitrogens is 1. The third-order valence-corrected chi connectivity index (χ3v) is 5.75. The van der Waals surface area contributed by atoms with Crippen LogP contribution in [-0.4, -0.2) is 41.1 Å². The molecule has 1 saturated heterocycles. The Morgan fingerprint density at radius 3 is 2.59 bits per heavy atom. The molecule has 0 spiro atoms. The van der Waals surface area contributed by atoms with Crippen LogP contribution in [-0.2, 0) is 6.42 Å². The zero-order valence-corrected chi connectivity index (χ0v) is 15.2. The van der Waals surface area contributed by atoms with Crippen LogP contribution >= 0.6 is 0 Å². The van der Waals surface area contributed by atoms with Crippen LogP contribution in [0.4, 0.5) is 4.39 Å². The Hall–Kier alpha value is -2.40. The molecule has 27 heavy (non-hydrogen) atoms. The van der Waals surface area contributed by atoms with Crippen LogP contribution in [0.1, 0.15) is 45.7 Å². The highest BCUT2D eigenvalue weighted by atomic mass is 19.1. The summed E-state index contributed by atoms with van der Waals surface area (Å²) in [6, 6.07) is 9.51. The van der Waals surface area contributed by atoms with Gasteiger partial charge in [-0.25, -0.2) is 4.39 Å². The van der Waals surface area contributed by atoms with Crippen molar-refractivity contribution >= 4 is 11.6 Å². The maximum Gasteiger partial charge on any atom is 0.166 e. The lowest BCUT2D eigenvalue weighted by atomic mass is 9.84. The van der Waals surface area contributed by atoms with Crippen molar-refractivity contribution in [1.82, 2.24) is 9.88 Å². The van der Waals surface area contributed by atoms with Gasteiger partial charge in [0.25, 0.3) is 0 Å². The van der Waals surface area contributed by atoms with Gasteiger partial charge in [-0.1, -0.05) is 0 Å². The fourth-order valence-electron chi connectivity index (χ4n) is 4.29. The van der Waals surface area contributed by atoms with Crippen molar-refractivity contribution in [1.29, 1.82) is 0 Å². The molecule has 0 amide bonds. The number of fused-ring (bicyclic) bond motifs is 1. The average molecular weight is 366 g/mol. The summed E-state index contributed by atoms with van der Waals surface area (Å²) in [4.78, 5) is 31.7. The second kappa shape index (κ2) is 7.69. The molecular weight excluding hydrogens is 343 g/mol. The average Bonchev–Trinajstić information content (AvgIpc) is 2.69. The number of likely N-dealkylation sites (tertiary alicyclic amines) is 1. The van der Waals surface area contributed by atoms with Crippen LogP contribution in [0, 0.1) is 17.7 Å². The predicted molar refractivity (Wildman–Crippen MR) is 100 cm³/mol. The number of ketones is 2. The van der Waals surface area contributed by atoms with E-state index in [1.54, 1.807) is 18.3 Å². The molecule has 0 radical (unpaired) electrons. The second-order valence-electron chi connectivity index (χ2n) is 7.64. The number of nitrogens with zero attached hydrogens (tertiary/aromatic N) is 2. The van der Waals surface area contributed by atoms with Crippen molar-refractivity contribution in [2.75, 3.05) is 19.6 Å². The highest BCUT2D eigenvalue weighted by Crippen LogP contribution is 2.27. The van der Waals surface area contributed by atoms with E-state index < -0.39 is 0 Å². The van der Waals surface area contributed by atoms with E-state index in [1.807, 2.05) is 12.1 Å². The summed E-state index contributed by atoms with van der Waals surface area (Å²) in [6.07, 6.45) is 4.79. The normalized spacial score (nSPS) is 21.1. The first-order chi connectivity index (χ1) is 13.1. The number of rotatable bonds is 4. The summed E-state index contributed by atoms with van der Waals surface area (Å²) in [5, 5.41) is 0. The smallest absolute Gasteiger partial charge is 0.166 e. The van der Waals surface area contributed by atoms with Crippen molar-refractivity contribution in [3.63, 3.8) is 0 Å². The van der Waals surface area contributed by atoms with Crippen molar-refractivity contribution in [2.45, 2.75) is 25.7 Å². The first kappa shape index (κ1) is 18.0. The third kappa shape index (κ3) is 3.98. The molecule has 2 aromatic rings. The minimum absolute atomic E-state index is 0.00194. The highest BCUT2D eigenvalue weighted by molar-refractivity contribution is 5.98. The third-order valence-electron chi connectivity index (χ3n) is 5.75. The molecule has 2 heterocycles. The van der Waals surface area contributed by atoms with Crippen LogP contribution in [0.3, 0.4) is 0 Å². The summed E-state index contributed by atoms with van der Waals surface area (Å²) in [5.74, 6) is 0.280. The van der Waals surface area contributed by atoms with Gasteiger partial charge in [-0.2, -0.15) is 0 Å². The summed E-state index contributed by atoms with van der Waals surface area (Å²) >= 11 is 0. The highest BCUT2D eigenvalue weighted by Gasteiger charge is 2.30. The maximum atomic E-state index is 13.0. The Kier molecular flexibility index (Phi) is 5.12. The number of carbonyl (C=O) groups excluding carboxylic acids is 2. The molecule has 1 fully saturated rings. The van der Waals surface area contributed by atoms with Crippen molar-refractivity contribution in [3.8, 4) is 0 Å². The van der Waals surface area contributed by atoms with E-state index >= 15 is 0 Å². The first-order valence-corrected chi connectivity index (χ1v) is 9.59. The zero-order chi connectivity index (χ0) is 18.8. The first-order valence-electron chi connectivity index (χ1n) is 9.59. The van der Waals surface area contributed by atoms with E-state index in [0.29, 0.717) is 17.9 Å². The Labute approximate surface area is 158 Å². The van der Waals surface area contributed by atoms with Gasteiger partial charge in [0.05, 0.1) is 5.69 Å². The molecule has 5 heteroatoms. The topological polar surface area (TPSA) is 50.3 Å². The maximum absolute atomic E-state index is 13.0. The van der Waals surface area contributed by atoms with Gasteiger partial charge in [0.1, 0.15) is 5.82 Å². The summed E-state index contributed by atoms with van der Waals surface area (Å²) < 4.78 is 13.0. The molecule has 4 nitrogen and oxygen atoms in total. The van der Waals surface area contributed by atoms with E-state index in [1.165, 1.54) is 12.1 Å². The lowest BCUT2D eigenvalue weighted by molar-refractivity contribution is 0.0812. The van der Waals surface area contributed by atoms with Crippen LogP contribution in [0.25, 0.3) is 0 Å². The van der Waals surface area contributed by atoms with E-state index in [4.69, 9.17) is 0 Å². The fourth-order valence-corrected chi connectivity index (χ4v) is 4.29. The molecule has 0 N–H and O–H groups in total. The number of carbonyl (C=O) groups is 2. The zero-order valence-electron chi connectivity index (χ0n) is 15.2. The van der Waals surface area contributed by atoms with Crippen LogP contribution in [0.15, 0.2) is 42.6 Å². The summed E-state index contributed by atoms with van der Waals surface area (Å²) in [5.41, 5.74) is 2.29. The minimum Gasteiger partial charge on any atom is -0.303 e. The van der Waals surface area contributed by atoms with E-state index in [0.717, 1.165) is 50.2 Å². The van der Waals surface area contributed by atoms with Gasteiger partial charge < -0.3 is 4.90 Å². The monoisotopic (exact) mass is 366 g/mol. The van der Waals surface area contributed by atoms with E-state index in [9.17, 15) is 14.0 Å². The standard InChI is InChI=1S/C22H23FN2O2/c23-18-5-3-16(4-6-18)22(27)17-7-10-25(11-8-17)14-15-12-20-19(21(26)13-15)2-1-9-24-20/h1-6,9,15,17H,7-8,10-14H2. The van der Waals surface area contributed by atoms with Crippen LogP contribution in [0.2, 0.25) is 0 Å². The number of hydrogen-bond donors (Lipinski definition) is 0. The van der Waals surface area contributed by atoms with Gasteiger partial charge in [0, 0.05) is 36.2 Å². The van der Waals surface area contributed by atoms with Crippen molar-refractivity contribution in [3.05, 3.63) is 65.2 Å². The Morgan fingerprint density at radius 2 is 1.85 bits per heavy atom. The molecule has 1 aromatic carbocycles. The molecule has 1 unspecified atom stereocenters. The lowest BCUT2D eigenvalue weighted by Crippen LogP contribution is -2.40. The van der Waals surface area contributed by atoms with Crippen LogP contribution in [0.5, 0.6) is 0 Å². The molecule has 1 atom stereocenters. The minimum atomic E-state index is -0.320. The molecule has 2 aliphatic rings. The van der Waals surface area contributed by atoms with Gasteiger partial charge >= 0.3 is 0 Å². The Morgan fingerprint density at radius 1 is 1.11 bits per heavy atom. The molecule has 4 rings (SSSR count). The van der Waals surface area contributed by atoms with Gasteiger partial charge in [-0.3, -0.25) is 14.6 Å². The molecule has 140 valence electrons. The van der Waals surface area contributed by atoms with Gasteiger partial charge in [0.2, 0.25) is 0 Å². The van der Waals surface area contributed by atoms with E-state index in [-0.39, 0.29) is 23.3 Å². The van der Waals surface area contributed by atoms with Gasteiger partial charge in [0.15, 0.2) is 11.6 Å². The Bertz CT molecular complexity index is 842. The number of piperidine rings is 1. The number of pyridine rings is 1. The number of halogens is 1. The number of hydrogen-bond acceptors (Lipinski definition) is 4. The molecule has 1 aliphatic heterocycles. The largest absolute Gasteiger partial charge is 0.303 e. The van der Waals surface area contributed by atoms with Crippen molar-refractivity contribution < 1.29 is 14.0 Å². The Balaban J connectivity index is 1.32. The SMILES string of the molecule is O=C1CC(CN2CCC(C(=O)c3ccc(F)cc3)CC2)Cc2ncccc21. The second-order valence-corrected chi connectivity index (χ2v) is 7.64. The van der Waals surface area contributed by atoms with Crippen molar-refractivity contribution in [2.24, 2.45) is 11.8 Å². The predicted octanol–water partition coefficient (Wildman–Crippen LogP) is 3.56. The van der Waals surface area contributed by atoms with E-state index in [2.05, 4.69) is 9.88 Å². The van der Waals surface area contributed by atoms with Crippen LogP contribution < -0.4 is 0 Å². The van der Waals surface area contributed by atoms with Gasteiger partial charge in [-0.05, 0) is 74.7 Å². The summed E-state index contributed by atoms with van der Waals surface area (Å²) in [6.45, 7) is 2.59. The number of benzene rings is 1. The molecular formula is C22H23FN2O2. The molecule has 1 aromatic heterocycles. The molecule has 1 aliphatic carbocycles. The lowest BCUT2D eigenvalue weighted by Gasteiger charge is -2.34. The molecule has 0 saturated carbocycles. The molecule has 0 bridgehead atoms. The quantitative estimate of drug-likeness (QED) is 0.777.